The summed E-state index contributed by atoms with van der Waals surface area (Å²) in [7, 11) is 0. The molecule has 212 valence electrons. The Labute approximate surface area is 232 Å². The third-order valence-electron chi connectivity index (χ3n) is 6.51. The molecule has 4 amide bonds. The number of alkyl halides is 3. The van der Waals surface area contributed by atoms with Crippen molar-refractivity contribution in [3.05, 3.63) is 95.3 Å². The second-order valence-corrected chi connectivity index (χ2v) is 9.20. The number of carbonyl (C=O) groups excluding carboxylic acids is 3. The van der Waals surface area contributed by atoms with Gasteiger partial charge in [-0.2, -0.15) is 13.2 Å². The molecule has 1 fully saturated rings. The van der Waals surface area contributed by atoms with E-state index in [0.717, 1.165) is 17.2 Å². The monoisotopic (exact) mass is 566 g/mol. The third-order valence-corrected chi connectivity index (χ3v) is 6.51. The van der Waals surface area contributed by atoms with Crippen LogP contribution in [0.1, 0.15) is 27.2 Å². The highest BCUT2D eigenvalue weighted by atomic mass is 19.4. The van der Waals surface area contributed by atoms with Crippen molar-refractivity contribution in [2.24, 2.45) is 0 Å². The van der Waals surface area contributed by atoms with Crippen LogP contribution in [0.25, 0.3) is 5.57 Å². The standard InChI is InChI=1S/C28H25F3N6O4/c29-28(30,31)18-14-23(37-10-12-41-13-11-37)24(32-16-18)26(39)35-36-27(40)34-22-15-20(17-6-2-1-3-7-17)19-8-4-5-9-21(19)33-25(22)38/h1-9,14-16,22H,10-13H2,(H,33,38)(H,35,39)(H2,34,36,40)/t22-/m0/s1. The van der Waals surface area contributed by atoms with Gasteiger partial charge in [-0.1, -0.05) is 48.5 Å². The van der Waals surface area contributed by atoms with Gasteiger partial charge in [-0.05, 0) is 29.3 Å². The van der Waals surface area contributed by atoms with E-state index in [0.29, 0.717) is 17.5 Å². The molecule has 5 rings (SSSR count). The zero-order valence-corrected chi connectivity index (χ0v) is 21.5. The fraction of sp³-hybridized carbons (Fsp3) is 0.214. The first kappa shape index (κ1) is 27.6. The summed E-state index contributed by atoms with van der Waals surface area (Å²) < 4.78 is 45.3. The lowest BCUT2D eigenvalue weighted by Crippen LogP contribution is -2.52. The van der Waals surface area contributed by atoms with E-state index in [9.17, 15) is 27.6 Å². The summed E-state index contributed by atoms with van der Waals surface area (Å²) in [5, 5.41) is 5.30. The minimum absolute atomic E-state index is 0.0424. The van der Waals surface area contributed by atoms with Gasteiger partial charge < -0.3 is 20.3 Å². The van der Waals surface area contributed by atoms with Gasteiger partial charge >= 0.3 is 12.2 Å². The Hall–Kier alpha value is -4.91. The molecule has 0 saturated carbocycles. The summed E-state index contributed by atoms with van der Waals surface area (Å²) in [5.74, 6) is -1.45. The number of pyridine rings is 1. The highest BCUT2D eigenvalue weighted by Gasteiger charge is 2.34. The van der Waals surface area contributed by atoms with Gasteiger partial charge in [0, 0.05) is 30.5 Å². The Morgan fingerprint density at radius 3 is 2.44 bits per heavy atom. The van der Waals surface area contributed by atoms with Crippen LogP contribution in [-0.4, -0.2) is 55.2 Å². The number of hydrazine groups is 1. The van der Waals surface area contributed by atoms with Crippen LogP contribution in [0.2, 0.25) is 0 Å². The summed E-state index contributed by atoms with van der Waals surface area (Å²) in [6, 6.07) is 15.3. The Bertz CT molecular complexity index is 1490. The van der Waals surface area contributed by atoms with Gasteiger partial charge in [0.05, 0.1) is 24.5 Å². The number of benzene rings is 2. The second kappa shape index (κ2) is 11.7. The molecule has 1 aromatic heterocycles. The third kappa shape index (κ3) is 6.30. The normalized spacial score (nSPS) is 17.0. The first-order valence-electron chi connectivity index (χ1n) is 12.6. The molecule has 3 aromatic rings. The molecule has 41 heavy (non-hydrogen) atoms. The SMILES string of the molecule is O=C(NNC(=O)c1ncc(C(F)(F)F)cc1N1CCOCC1)N[C@H]1C=C(c2ccccc2)c2ccccc2NC1=O. The number of anilines is 2. The molecule has 1 saturated heterocycles. The lowest BCUT2D eigenvalue weighted by atomic mass is 9.96. The number of carbonyl (C=O) groups is 3. The highest BCUT2D eigenvalue weighted by molar-refractivity contribution is 6.05. The number of para-hydroxylation sites is 1. The van der Waals surface area contributed by atoms with E-state index in [1.807, 2.05) is 42.5 Å². The minimum atomic E-state index is -4.66. The smallest absolute Gasteiger partial charge is 0.378 e. The molecule has 3 heterocycles. The van der Waals surface area contributed by atoms with Gasteiger partial charge in [0.15, 0.2) is 5.69 Å². The molecule has 10 nitrogen and oxygen atoms in total. The maximum absolute atomic E-state index is 13.3. The largest absolute Gasteiger partial charge is 0.417 e. The number of halogens is 3. The number of urea groups is 1. The Morgan fingerprint density at radius 1 is 1.00 bits per heavy atom. The molecule has 0 spiro atoms. The van der Waals surface area contributed by atoms with Crippen LogP contribution in [0.3, 0.4) is 0 Å². The average Bonchev–Trinajstić information content (AvgIpc) is 3.12. The molecule has 13 heteroatoms. The van der Waals surface area contributed by atoms with Crippen LogP contribution in [0.4, 0.5) is 29.3 Å². The maximum Gasteiger partial charge on any atom is 0.417 e. The maximum atomic E-state index is 13.3. The van der Waals surface area contributed by atoms with Crippen molar-refractivity contribution >= 4 is 34.8 Å². The van der Waals surface area contributed by atoms with Crippen LogP contribution in [0, 0.1) is 0 Å². The van der Waals surface area contributed by atoms with Gasteiger partial charge in [-0.25, -0.2) is 15.2 Å². The van der Waals surface area contributed by atoms with Gasteiger partial charge in [0.25, 0.3) is 11.8 Å². The molecule has 0 radical (unpaired) electrons. The van der Waals surface area contributed by atoms with Gasteiger partial charge in [0.1, 0.15) is 6.04 Å². The number of ether oxygens (including phenoxy) is 1. The van der Waals surface area contributed by atoms with E-state index in [-0.39, 0.29) is 37.7 Å². The summed E-state index contributed by atoms with van der Waals surface area (Å²) >= 11 is 0. The molecule has 0 bridgehead atoms. The number of hydrogen-bond donors (Lipinski definition) is 4. The summed E-state index contributed by atoms with van der Waals surface area (Å²) in [6.07, 6.45) is -2.50. The van der Waals surface area contributed by atoms with Gasteiger partial charge in [-0.15, -0.1) is 0 Å². The molecule has 2 aliphatic rings. The van der Waals surface area contributed by atoms with Crippen LogP contribution >= 0.6 is 0 Å². The number of nitrogens with one attached hydrogen (secondary N) is 4. The zero-order valence-electron chi connectivity index (χ0n) is 21.5. The van der Waals surface area contributed by atoms with Crippen molar-refractivity contribution in [3.63, 3.8) is 0 Å². The van der Waals surface area contributed by atoms with E-state index in [4.69, 9.17) is 4.74 Å². The summed E-state index contributed by atoms with van der Waals surface area (Å²) in [5.41, 5.74) is 5.80. The molecule has 1 atom stereocenters. The number of amides is 4. The van der Waals surface area contributed by atoms with E-state index in [1.54, 1.807) is 23.1 Å². The Balaban J connectivity index is 1.32. The predicted molar refractivity (Wildman–Crippen MR) is 144 cm³/mol. The molecule has 2 aliphatic heterocycles. The zero-order chi connectivity index (χ0) is 29.0. The van der Waals surface area contributed by atoms with Crippen molar-refractivity contribution in [1.29, 1.82) is 0 Å². The van der Waals surface area contributed by atoms with Crippen molar-refractivity contribution in [1.82, 2.24) is 21.2 Å². The average molecular weight is 567 g/mol. The van der Waals surface area contributed by atoms with Crippen molar-refractivity contribution < 1.29 is 32.3 Å². The van der Waals surface area contributed by atoms with Crippen molar-refractivity contribution in [2.45, 2.75) is 12.2 Å². The predicted octanol–water partition coefficient (Wildman–Crippen LogP) is 3.33. The van der Waals surface area contributed by atoms with E-state index in [1.165, 1.54) is 0 Å². The lowest BCUT2D eigenvalue weighted by Gasteiger charge is -2.30. The van der Waals surface area contributed by atoms with Gasteiger partial charge in [-0.3, -0.25) is 15.0 Å². The molecule has 0 unspecified atom stereocenters. The molecular formula is C28H25F3N6O4. The van der Waals surface area contributed by atoms with Crippen molar-refractivity contribution in [3.8, 4) is 0 Å². The quantitative estimate of drug-likeness (QED) is 0.359. The first-order chi connectivity index (χ1) is 19.7. The topological polar surface area (TPSA) is 125 Å². The van der Waals surface area contributed by atoms with E-state index >= 15 is 0 Å². The van der Waals surface area contributed by atoms with E-state index < -0.39 is 35.6 Å². The van der Waals surface area contributed by atoms with Gasteiger partial charge in [0.2, 0.25) is 0 Å². The first-order valence-corrected chi connectivity index (χ1v) is 12.6. The molecule has 0 aliphatic carbocycles. The van der Waals surface area contributed by atoms with E-state index in [2.05, 4.69) is 26.5 Å². The summed E-state index contributed by atoms with van der Waals surface area (Å²) in [6.45, 7) is 1.05. The number of morpholine rings is 1. The van der Waals surface area contributed by atoms with Crippen LogP contribution in [-0.2, 0) is 15.7 Å². The fourth-order valence-corrected chi connectivity index (χ4v) is 4.52. The summed E-state index contributed by atoms with van der Waals surface area (Å²) in [4.78, 5) is 44.0. The second-order valence-electron chi connectivity index (χ2n) is 9.20. The number of nitrogens with zero attached hydrogens (tertiary/aromatic N) is 2. The molecular weight excluding hydrogens is 541 g/mol. The molecule has 4 N–H and O–H groups in total. The lowest BCUT2D eigenvalue weighted by molar-refractivity contribution is -0.137. The van der Waals surface area contributed by atoms with Crippen LogP contribution in [0.15, 0.2) is 72.9 Å². The van der Waals surface area contributed by atoms with Crippen LogP contribution in [0.5, 0.6) is 0 Å². The Kier molecular flexibility index (Phi) is 7.88. The number of fused-ring (bicyclic) bond motifs is 1. The molecule has 2 aromatic carbocycles. The van der Waals surface area contributed by atoms with Crippen molar-refractivity contribution in [2.75, 3.05) is 36.5 Å². The Morgan fingerprint density at radius 2 is 1.71 bits per heavy atom. The highest BCUT2D eigenvalue weighted by Crippen LogP contribution is 2.33. The van der Waals surface area contributed by atoms with Crippen LogP contribution < -0.4 is 26.4 Å². The number of hydrogen-bond acceptors (Lipinski definition) is 6. The minimum Gasteiger partial charge on any atom is -0.378 e. The number of rotatable bonds is 4. The number of aromatic nitrogens is 1. The fourth-order valence-electron chi connectivity index (χ4n) is 4.52.